The predicted molar refractivity (Wildman–Crippen MR) is 96.1 cm³/mol. The molecule has 9 heteroatoms. The van der Waals surface area contributed by atoms with Crippen molar-refractivity contribution in [1.82, 2.24) is 15.1 Å². The first kappa shape index (κ1) is 19.2. The molecule has 3 rings (SSSR count). The molecule has 2 fully saturated rings. The van der Waals surface area contributed by atoms with E-state index in [0.717, 1.165) is 0 Å². The third kappa shape index (κ3) is 2.91. The quantitative estimate of drug-likeness (QED) is 0.559. The number of carbonyl (C=O) groups is 3. The fraction of sp³-hybridized carbons (Fsp3) is 0.706. The minimum Gasteiger partial charge on any atom is -0.477 e. The molecule has 2 saturated heterocycles. The number of carboxylic acids is 1. The van der Waals surface area contributed by atoms with E-state index in [2.05, 4.69) is 5.32 Å². The molecule has 5 unspecified atom stereocenters. The number of fused-ring (bicyclic) bond motifs is 1. The summed E-state index contributed by atoms with van der Waals surface area (Å²) in [6, 6.07) is -0.568. The molecule has 0 bridgehead atoms. The van der Waals surface area contributed by atoms with Crippen molar-refractivity contribution in [3.05, 3.63) is 10.6 Å². The summed E-state index contributed by atoms with van der Waals surface area (Å²) in [4.78, 5) is 39.8. The van der Waals surface area contributed by atoms with Crippen molar-refractivity contribution < 1.29 is 24.6 Å². The monoisotopic (exact) mass is 383 g/mol. The van der Waals surface area contributed by atoms with E-state index in [1.807, 2.05) is 6.92 Å². The first-order valence-electron chi connectivity index (χ1n) is 8.75. The molecule has 8 nitrogen and oxygen atoms in total. The zero-order valence-electron chi connectivity index (χ0n) is 15.3. The van der Waals surface area contributed by atoms with Gasteiger partial charge in [-0.3, -0.25) is 9.59 Å². The van der Waals surface area contributed by atoms with Gasteiger partial charge in [0.2, 0.25) is 11.8 Å². The Kier molecular flexibility index (Phi) is 5.06. The number of aliphatic carboxylic acids is 1. The van der Waals surface area contributed by atoms with Gasteiger partial charge in [-0.2, -0.15) is 0 Å². The molecular weight excluding hydrogens is 358 g/mol. The first-order chi connectivity index (χ1) is 12.1. The van der Waals surface area contributed by atoms with Gasteiger partial charge >= 0.3 is 5.97 Å². The average molecular weight is 383 g/mol. The number of likely N-dealkylation sites (N-methyl/N-ethyl adjacent to an activating group) is 1. The van der Waals surface area contributed by atoms with Crippen LogP contribution in [0.25, 0.3) is 0 Å². The highest BCUT2D eigenvalue weighted by molar-refractivity contribution is 8.03. The van der Waals surface area contributed by atoms with Crippen LogP contribution >= 0.6 is 11.8 Å². The van der Waals surface area contributed by atoms with Crippen LogP contribution in [0.1, 0.15) is 20.3 Å². The van der Waals surface area contributed by atoms with Crippen LogP contribution in [0.15, 0.2) is 10.6 Å². The number of β-lactam (4-membered cyclic amide) rings is 1. The van der Waals surface area contributed by atoms with Gasteiger partial charge < -0.3 is 25.3 Å². The highest BCUT2D eigenvalue weighted by atomic mass is 32.2. The molecule has 3 N–H and O–H groups in total. The smallest absolute Gasteiger partial charge is 0.353 e. The summed E-state index contributed by atoms with van der Waals surface area (Å²) in [6.07, 6.45) is -0.190. The van der Waals surface area contributed by atoms with E-state index in [4.69, 9.17) is 0 Å². The number of nitrogens with zero attached hydrogens (tertiary/aromatic N) is 2. The van der Waals surface area contributed by atoms with Gasteiger partial charge in [0.1, 0.15) is 5.70 Å². The summed E-state index contributed by atoms with van der Waals surface area (Å²) < 4.78 is 0. The van der Waals surface area contributed by atoms with Gasteiger partial charge in [0.05, 0.1) is 24.1 Å². The second-order valence-corrected chi connectivity index (χ2v) is 8.78. The number of hydrogen-bond donors (Lipinski definition) is 3. The van der Waals surface area contributed by atoms with Gasteiger partial charge in [-0.1, -0.05) is 6.92 Å². The van der Waals surface area contributed by atoms with Gasteiger partial charge in [0.25, 0.3) is 0 Å². The van der Waals surface area contributed by atoms with Gasteiger partial charge in [-0.05, 0) is 13.3 Å². The Morgan fingerprint density at radius 1 is 1.38 bits per heavy atom. The van der Waals surface area contributed by atoms with E-state index in [0.29, 0.717) is 17.9 Å². The Hall–Kier alpha value is -1.58. The molecule has 0 spiro atoms. The third-order valence-corrected chi connectivity index (χ3v) is 6.95. The van der Waals surface area contributed by atoms with E-state index in [9.17, 15) is 24.6 Å². The molecule has 6 atom stereocenters. The summed E-state index contributed by atoms with van der Waals surface area (Å²) in [5, 5.41) is 22.8. The number of hydrogen-bond acceptors (Lipinski definition) is 6. The summed E-state index contributed by atoms with van der Waals surface area (Å²) in [6.45, 7) is 4.08. The van der Waals surface area contributed by atoms with Crippen LogP contribution in [0.4, 0.5) is 0 Å². The molecule has 0 aliphatic carbocycles. The fourth-order valence-corrected chi connectivity index (χ4v) is 5.63. The Labute approximate surface area is 156 Å². The standard InChI is InChI=1S/C17H25N3O5S/c1-7-12-11(8(2)21)16(23)20(12)13(17(24)25)14(7)26-9-5-10(18-6-9)15(22)19(3)4/h7-12,18,21H,5-6H2,1-4H3,(H,24,25)/t7?,8?,9?,10?,11?,12-/m0/s1. The number of carbonyl (C=O) groups excluding carboxylic acids is 2. The summed E-state index contributed by atoms with van der Waals surface area (Å²) in [5.41, 5.74) is 0.0387. The highest BCUT2D eigenvalue weighted by Gasteiger charge is 2.60. The number of aliphatic hydroxyl groups excluding tert-OH is 1. The fourth-order valence-electron chi connectivity index (χ4n) is 4.15. The van der Waals surface area contributed by atoms with Crippen molar-refractivity contribution >= 4 is 29.5 Å². The minimum absolute atomic E-state index is 0.00757. The lowest BCUT2D eigenvalue weighted by Gasteiger charge is -2.46. The highest BCUT2D eigenvalue weighted by Crippen LogP contribution is 2.51. The van der Waals surface area contributed by atoms with Crippen molar-refractivity contribution in [2.45, 2.75) is 43.7 Å². The largest absolute Gasteiger partial charge is 0.477 e. The number of aliphatic hydroxyl groups is 1. The second-order valence-electron chi connectivity index (χ2n) is 7.44. The number of thioether (sulfide) groups is 1. The van der Waals surface area contributed by atoms with Crippen LogP contribution < -0.4 is 5.32 Å². The third-order valence-electron chi connectivity index (χ3n) is 5.43. The molecule has 2 amide bonds. The lowest BCUT2D eigenvalue weighted by atomic mass is 9.79. The predicted octanol–water partition coefficient (Wildman–Crippen LogP) is -0.308. The molecule has 144 valence electrons. The minimum atomic E-state index is -1.12. The van der Waals surface area contributed by atoms with Crippen LogP contribution in [0.2, 0.25) is 0 Å². The second kappa shape index (κ2) is 6.86. The Balaban J connectivity index is 1.78. The van der Waals surface area contributed by atoms with Crippen molar-refractivity contribution in [3.8, 4) is 0 Å². The maximum atomic E-state index is 12.3. The van der Waals surface area contributed by atoms with Crippen molar-refractivity contribution in [2.24, 2.45) is 11.8 Å². The molecule has 0 aromatic carbocycles. The molecule has 3 aliphatic rings. The Bertz CT molecular complexity index is 677. The normalized spacial score (nSPS) is 34.6. The lowest BCUT2D eigenvalue weighted by molar-refractivity contribution is -0.163. The molecule has 0 radical (unpaired) electrons. The number of nitrogens with one attached hydrogen (secondary N) is 1. The summed E-state index contributed by atoms with van der Waals surface area (Å²) >= 11 is 1.45. The van der Waals surface area contributed by atoms with Crippen molar-refractivity contribution in [2.75, 3.05) is 20.6 Å². The molecule has 0 aromatic heterocycles. The van der Waals surface area contributed by atoms with Crippen molar-refractivity contribution in [1.29, 1.82) is 0 Å². The molecule has 3 heterocycles. The van der Waals surface area contributed by atoms with Crippen molar-refractivity contribution in [3.63, 3.8) is 0 Å². The molecule has 0 saturated carbocycles. The molecular formula is C17H25N3O5S. The number of amides is 2. The van der Waals surface area contributed by atoms with E-state index >= 15 is 0 Å². The SMILES string of the molecule is CC(O)C1C(=O)N2C(C(=O)O)=C(SC3CNC(C(=O)N(C)C)C3)C(C)[C@@H]12. The molecule has 26 heavy (non-hydrogen) atoms. The number of rotatable bonds is 5. The number of carboxylic acid groups (broad SMARTS) is 1. The van der Waals surface area contributed by atoms with Crippen LogP contribution in [-0.4, -0.2) is 81.9 Å². The Morgan fingerprint density at radius 2 is 2.04 bits per heavy atom. The first-order valence-corrected chi connectivity index (χ1v) is 9.62. The van der Waals surface area contributed by atoms with Crippen LogP contribution in [-0.2, 0) is 14.4 Å². The summed E-state index contributed by atoms with van der Waals surface area (Å²) in [7, 11) is 3.42. The zero-order chi connectivity index (χ0) is 19.3. The Morgan fingerprint density at radius 3 is 2.58 bits per heavy atom. The van der Waals surface area contributed by atoms with Crippen LogP contribution in [0.5, 0.6) is 0 Å². The van der Waals surface area contributed by atoms with Gasteiger partial charge in [-0.25, -0.2) is 4.79 Å². The maximum absolute atomic E-state index is 12.3. The van der Waals surface area contributed by atoms with E-state index in [-0.39, 0.29) is 40.8 Å². The maximum Gasteiger partial charge on any atom is 0.353 e. The summed E-state index contributed by atoms with van der Waals surface area (Å²) in [5.74, 6) is -2.14. The van der Waals surface area contributed by atoms with E-state index < -0.39 is 18.0 Å². The topological polar surface area (TPSA) is 110 Å². The van der Waals surface area contributed by atoms with E-state index in [1.54, 1.807) is 25.9 Å². The lowest BCUT2D eigenvalue weighted by Crippen LogP contribution is -2.63. The van der Waals surface area contributed by atoms with Crippen LogP contribution in [0, 0.1) is 11.8 Å². The van der Waals surface area contributed by atoms with Gasteiger partial charge in [-0.15, -0.1) is 11.8 Å². The zero-order valence-corrected chi connectivity index (χ0v) is 16.1. The van der Waals surface area contributed by atoms with Gasteiger partial charge in [0, 0.05) is 36.7 Å². The average Bonchev–Trinajstić information content (AvgIpc) is 3.09. The van der Waals surface area contributed by atoms with Gasteiger partial charge in [0.15, 0.2) is 0 Å². The molecule has 0 aromatic rings. The molecule has 3 aliphatic heterocycles. The van der Waals surface area contributed by atoms with E-state index in [1.165, 1.54) is 16.7 Å². The van der Waals surface area contributed by atoms with Crippen LogP contribution in [0.3, 0.4) is 0 Å².